The Morgan fingerprint density at radius 2 is 2.18 bits per heavy atom. The lowest BCUT2D eigenvalue weighted by atomic mass is 10.00. The van der Waals surface area contributed by atoms with Crippen molar-refractivity contribution in [3.8, 4) is 10.6 Å². The third kappa shape index (κ3) is 4.64. The highest BCUT2D eigenvalue weighted by Crippen LogP contribution is 2.28. The molecule has 120 valence electrons. The van der Waals surface area contributed by atoms with Gasteiger partial charge in [0.25, 0.3) is 0 Å². The minimum absolute atomic E-state index is 0. The fourth-order valence-corrected chi connectivity index (χ4v) is 2.65. The van der Waals surface area contributed by atoms with E-state index in [1.54, 1.807) is 12.1 Å². The van der Waals surface area contributed by atoms with Crippen molar-refractivity contribution in [1.82, 2.24) is 10.2 Å². The number of amides is 1. The molecule has 2 unspecified atom stereocenters. The first kappa shape index (κ1) is 18.8. The molecule has 0 saturated heterocycles. The van der Waals surface area contributed by atoms with E-state index in [2.05, 4.69) is 15.5 Å². The molecule has 0 saturated carbocycles. The zero-order valence-corrected chi connectivity index (χ0v) is 14.6. The van der Waals surface area contributed by atoms with E-state index in [4.69, 9.17) is 17.3 Å². The molecule has 0 spiro atoms. The average molecular weight is 361 g/mol. The summed E-state index contributed by atoms with van der Waals surface area (Å²) in [7, 11) is 0. The first-order valence-electron chi connectivity index (χ1n) is 6.67. The van der Waals surface area contributed by atoms with Crippen molar-refractivity contribution in [1.29, 1.82) is 0 Å². The van der Waals surface area contributed by atoms with Crippen molar-refractivity contribution in [2.75, 3.05) is 5.32 Å². The van der Waals surface area contributed by atoms with E-state index in [1.807, 2.05) is 26.0 Å². The summed E-state index contributed by atoms with van der Waals surface area (Å²) in [6, 6.07) is 6.78. The molecule has 22 heavy (non-hydrogen) atoms. The van der Waals surface area contributed by atoms with Crippen LogP contribution < -0.4 is 11.1 Å². The van der Waals surface area contributed by atoms with Crippen molar-refractivity contribution in [2.45, 2.75) is 26.3 Å². The second-order valence-corrected chi connectivity index (χ2v) is 6.24. The third-order valence-corrected chi connectivity index (χ3v) is 4.41. The number of carbonyl (C=O) groups excluding carboxylic acids is 1. The molecule has 0 bridgehead atoms. The number of hydrogen-bond donors (Lipinski definition) is 2. The number of hydrogen-bond acceptors (Lipinski definition) is 5. The van der Waals surface area contributed by atoms with Crippen molar-refractivity contribution >= 4 is 46.4 Å². The lowest BCUT2D eigenvalue weighted by molar-refractivity contribution is -0.118. The topological polar surface area (TPSA) is 80.9 Å². The molecule has 2 atom stereocenters. The van der Waals surface area contributed by atoms with Gasteiger partial charge >= 0.3 is 0 Å². The smallest absolute Gasteiger partial charge is 0.243 e. The van der Waals surface area contributed by atoms with Crippen LogP contribution in [0.2, 0.25) is 5.02 Å². The number of halogens is 2. The first-order chi connectivity index (χ1) is 10.0. The summed E-state index contributed by atoms with van der Waals surface area (Å²) >= 11 is 7.24. The predicted molar refractivity (Wildman–Crippen MR) is 93.7 cm³/mol. The van der Waals surface area contributed by atoms with Gasteiger partial charge in [-0.3, -0.25) is 10.1 Å². The zero-order valence-electron chi connectivity index (χ0n) is 12.2. The van der Waals surface area contributed by atoms with Gasteiger partial charge < -0.3 is 5.73 Å². The van der Waals surface area contributed by atoms with E-state index >= 15 is 0 Å². The van der Waals surface area contributed by atoms with E-state index in [0.29, 0.717) is 15.2 Å². The monoisotopic (exact) mass is 360 g/mol. The summed E-state index contributed by atoms with van der Waals surface area (Å²) in [6.45, 7) is 3.95. The normalized spacial score (nSPS) is 13.1. The Balaban J connectivity index is 0.00000242. The lowest BCUT2D eigenvalue weighted by Crippen LogP contribution is -2.40. The van der Waals surface area contributed by atoms with Gasteiger partial charge in [0.1, 0.15) is 5.01 Å². The van der Waals surface area contributed by atoms with Gasteiger partial charge in [0.2, 0.25) is 11.0 Å². The Morgan fingerprint density at radius 1 is 1.45 bits per heavy atom. The van der Waals surface area contributed by atoms with Gasteiger partial charge in [-0.25, -0.2) is 0 Å². The van der Waals surface area contributed by atoms with Crippen LogP contribution in [0, 0.1) is 5.92 Å². The van der Waals surface area contributed by atoms with Crippen LogP contribution in [0.15, 0.2) is 24.3 Å². The summed E-state index contributed by atoms with van der Waals surface area (Å²) in [4.78, 5) is 12.0. The quantitative estimate of drug-likeness (QED) is 0.853. The molecule has 3 N–H and O–H groups in total. The van der Waals surface area contributed by atoms with Crippen LogP contribution in [-0.4, -0.2) is 22.1 Å². The van der Waals surface area contributed by atoms with Crippen LogP contribution in [0.25, 0.3) is 10.6 Å². The number of rotatable bonds is 5. The van der Waals surface area contributed by atoms with Crippen LogP contribution >= 0.6 is 35.3 Å². The Morgan fingerprint density at radius 3 is 2.82 bits per heavy atom. The van der Waals surface area contributed by atoms with Gasteiger partial charge in [-0.2, -0.15) is 0 Å². The maximum absolute atomic E-state index is 12.0. The number of carbonyl (C=O) groups is 1. The lowest BCUT2D eigenvalue weighted by Gasteiger charge is -2.16. The molecule has 2 rings (SSSR count). The largest absolute Gasteiger partial charge is 0.320 e. The highest BCUT2D eigenvalue weighted by Gasteiger charge is 2.20. The molecule has 0 aliphatic carbocycles. The fourth-order valence-electron chi connectivity index (χ4n) is 1.71. The SMILES string of the molecule is CCC(C)C(N)C(=O)Nc1nnc(-c2cccc(Cl)c2)s1.Cl. The number of nitrogens with two attached hydrogens (primary N) is 1. The van der Waals surface area contributed by atoms with Crippen LogP contribution in [0.5, 0.6) is 0 Å². The Bertz CT molecular complexity index is 635. The highest BCUT2D eigenvalue weighted by molar-refractivity contribution is 7.18. The summed E-state index contributed by atoms with van der Waals surface area (Å²) in [6.07, 6.45) is 0.846. The van der Waals surface area contributed by atoms with Crippen molar-refractivity contribution in [3.05, 3.63) is 29.3 Å². The molecule has 2 aromatic rings. The van der Waals surface area contributed by atoms with Crippen molar-refractivity contribution in [3.63, 3.8) is 0 Å². The first-order valence-corrected chi connectivity index (χ1v) is 7.86. The molecule has 1 aromatic heterocycles. The van der Waals surface area contributed by atoms with Gasteiger partial charge in [0.05, 0.1) is 6.04 Å². The van der Waals surface area contributed by atoms with Crippen LogP contribution in [0.4, 0.5) is 5.13 Å². The summed E-state index contributed by atoms with van der Waals surface area (Å²) in [5.41, 5.74) is 6.75. The van der Waals surface area contributed by atoms with Crippen LogP contribution in [0.1, 0.15) is 20.3 Å². The third-order valence-electron chi connectivity index (χ3n) is 3.29. The second-order valence-electron chi connectivity index (χ2n) is 4.82. The molecule has 1 amide bonds. The molecule has 0 fully saturated rings. The summed E-state index contributed by atoms with van der Waals surface area (Å²) in [5.74, 6) is -0.122. The van der Waals surface area contributed by atoms with E-state index in [-0.39, 0.29) is 24.2 Å². The molecule has 1 aromatic carbocycles. The number of aromatic nitrogens is 2. The number of nitrogens with one attached hydrogen (secondary N) is 1. The predicted octanol–water partition coefficient (Wildman–Crippen LogP) is 3.59. The molecule has 8 heteroatoms. The minimum atomic E-state index is -0.548. The maximum atomic E-state index is 12.0. The number of benzene rings is 1. The highest BCUT2D eigenvalue weighted by atomic mass is 35.5. The van der Waals surface area contributed by atoms with E-state index in [0.717, 1.165) is 12.0 Å². The van der Waals surface area contributed by atoms with Crippen molar-refractivity contribution in [2.24, 2.45) is 11.7 Å². The Kier molecular flexibility index (Phi) is 7.22. The Hall–Kier alpha value is -1.21. The van der Waals surface area contributed by atoms with Gasteiger partial charge in [-0.1, -0.05) is 55.3 Å². The van der Waals surface area contributed by atoms with E-state index < -0.39 is 6.04 Å². The molecule has 5 nitrogen and oxygen atoms in total. The molecular weight excluding hydrogens is 343 g/mol. The average Bonchev–Trinajstić information content (AvgIpc) is 2.94. The maximum Gasteiger partial charge on any atom is 0.243 e. The van der Waals surface area contributed by atoms with Crippen LogP contribution in [-0.2, 0) is 4.79 Å². The fraction of sp³-hybridized carbons (Fsp3) is 0.357. The molecular formula is C14H18Cl2N4OS. The number of anilines is 1. The Labute approximate surface area is 144 Å². The standard InChI is InChI=1S/C14H17ClN4OS.ClH/c1-3-8(2)11(16)12(20)17-14-19-18-13(21-14)9-5-4-6-10(15)7-9;/h4-8,11H,3,16H2,1-2H3,(H,17,19,20);1H. The molecule has 0 radical (unpaired) electrons. The summed E-state index contributed by atoms with van der Waals surface area (Å²) in [5, 5.41) is 12.5. The van der Waals surface area contributed by atoms with Gasteiger partial charge in [-0.15, -0.1) is 22.6 Å². The second kappa shape index (κ2) is 8.43. The zero-order chi connectivity index (χ0) is 15.4. The van der Waals surface area contributed by atoms with Crippen molar-refractivity contribution < 1.29 is 4.79 Å². The van der Waals surface area contributed by atoms with Gasteiger partial charge in [0.15, 0.2) is 0 Å². The van der Waals surface area contributed by atoms with Crippen LogP contribution in [0.3, 0.4) is 0 Å². The van der Waals surface area contributed by atoms with E-state index in [9.17, 15) is 4.79 Å². The minimum Gasteiger partial charge on any atom is -0.320 e. The molecule has 1 heterocycles. The summed E-state index contributed by atoms with van der Waals surface area (Å²) < 4.78 is 0. The van der Waals surface area contributed by atoms with Gasteiger partial charge in [-0.05, 0) is 18.1 Å². The number of nitrogens with zero attached hydrogens (tertiary/aromatic N) is 2. The molecule has 0 aliphatic heterocycles. The van der Waals surface area contributed by atoms with Gasteiger partial charge in [0, 0.05) is 10.6 Å². The van der Waals surface area contributed by atoms with E-state index in [1.165, 1.54) is 11.3 Å². The molecule has 0 aliphatic rings.